The Morgan fingerprint density at radius 1 is 0.531 bits per heavy atom. The van der Waals surface area contributed by atoms with E-state index in [2.05, 4.69) is 42.3 Å². The summed E-state index contributed by atoms with van der Waals surface area (Å²) in [5.74, 6) is 1.60. The molecule has 1 rings (SSSR count). The second kappa shape index (κ2) is 22.0. The zero-order chi connectivity index (χ0) is 23.1. The standard InChI is InChI=1S/C30H59N2/c1-4-7-10-13-15-16-17-18-21-24-27-32-29-28-31(26-23-20-14-11-8-5-2)30(32)25-22-19-12-9-6-3/h28-29H,4-27H2,1-3H3/q+1. The van der Waals surface area contributed by atoms with E-state index in [0.717, 1.165) is 0 Å². The molecular formula is C30H59N2+. The topological polar surface area (TPSA) is 8.81 Å². The summed E-state index contributed by atoms with van der Waals surface area (Å²) in [5.41, 5.74) is 0. The maximum atomic E-state index is 2.60. The Balaban J connectivity index is 2.33. The van der Waals surface area contributed by atoms with Gasteiger partial charge in [-0.3, -0.25) is 0 Å². The van der Waals surface area contributed by atoms with Crippen LogP contribution in [0, 0.1) is 0 Å². The molecule has 1 heterocycles. The molecule has 0 radical (unpaired) electrons. The third-order valence-corrected chi connectivity index (χ3v) is 7.10. The van der Waals surface area contributed by atoms with Crippen LogP contribution in [0.15, 0.2) is 12.4 Å². The number of hydrogen-bond acceptors (Lipinski definition) is 0. The summed E-state index contributed by atoms with van der Waals surface area (Å²) in [7, 11) is 0. The monoisotopic (exact) mass is 447 g/mol. The molecule has 0 amide bonds. The van der Waals surface area contributed by atoms with Crippen LogP contribution in [0.2, 0.25) is 0 Å². The molecule has 0 aliphatic rings. The van der Waals surface area contributed by atoms with E-state index in [1.54, 1.807) is 5.82 Å². The highest BCUT2D eigenvalue weighted by atomic mass is 15.1. The van der Waals surface area contributed by atoms with Gasteiger partial charge in [0.15, 0.2) is 0 Å². The van der Waals surface area contributed by atoms with Crippen LogP contribution >= 0.6 is 0 Å². The van der Waals surface area contributed by atoms with Gasteiger partial charge >= 0.3 is 0 Å². The van der Waals surface area contributed by atoms with E-state index in [1.165, 1.54) is 154 Å². The fourth-order valence-electron chi connectivity index (χ4n) is 4.91. The van der Waals surface area contributed by atoms with Crippen molar-refractivity contribution in [2.45, 2.75) is 175 Å². The molecule has 32 heavy (non-hydrogen) atoms. The zero-order valence-corrected chi connectivity index (χ0v) is 22.5. The molecule has 2 heteroatoms. The second-order valence-electron chi connectivity index (χ2n) is 10.2. The van der Waals surface area contributed by atoms with Crippen molar-refractivity contribution in [3.8, 4) is 0 Å². The van der Waals surface area contributed by atoms with Crippen molar-refractivity contribution in [3.63, 3.8) is 0 Å². The molecule has 1 aromatic heterocycles. The van der Waals surface area contributed by atoms with E-state index in [0.29, 0.717) is 0 Å². The number of imidazole rings is 1. The minimum Gasteiger partial charge on any atom is -0.234 e. The average Bonchev–Trinajstić information content (AvgIpc) is 3.18. The van der Waals surface area contributed by atoms with E-state index < -0.39 is 0 Å². The summed E-state index contributed by atoms with van der Waals surface area (Å²) in [4.78, 5) is 0. The van der Waals surface area contributed by atoms with E-state index in [1.807, 2.05) is 0 Å². The van der Waals surface area contributed by atoms with Crippen LogP contribution < -0.4 is 4.57 Å². The lowest BCUT2D eigenvalue weighted by molar-refractivity contribution is -0.704. The van der Waals surface area contributed by atoms with Crippen LogP contribution in [0.25, 0.3) is 0 Å². The van der Waals surface area contributed by atoms with Crippen LogP contribution in [-0.4, -0.2) is 4.57 Å². The van der Waals surface area contributed by atoms with Gasteiger partial charge in [0, 0.05) is 6.42 Å². The van der Waals surface area contributed by atoms with Gasteiger partial charge in [-0.15, -0.1) is 0 Å². The van der Waals surface area contributed by atoms with Crippen LogP contribution in [0.1, 0.15) is 161 Å². The first-order chi connectivity index (χ1) is 15.8. The summed E-state index contributed by atoms with van der Waals surface area (Å²) in [6.45, 7) is 9.37. The van der Waals surface area contributed by atoms with Crippen LogP contribution in [0.4, 0.5) is 0 Å². The van der Waals surface area contributed by atoms with Crippen LogP contribution in [-0.2, 0) is 19.5 Å². The van der Waals surface area contributed by atoms with Gasteiger partial charge in [-0.25, -0.2) is 9.13 Å². The van der Waals surface area contributed by atoms with Gasteiger partial charge in [0.1, 0.15) is 12.4 Å². The van der Waals surface area contributed by atoms with Gasteiger partial charge < -0.3 is 0 Å². The third-order valence-electron chi connectivity index (χ3n) is 7.10. The number of nitrogens with zero attached hydrogens (tertiary/aromatic N) is 2. The SMILES string of the molecule is CCCCCCCCCCCCn1cc[n+](CCCCCCCC)c1CCCCCCC. The molecular weight excluding hydrogens is 388 g/mol. The molecule has 0 saturated carbocycles. The quantitative estimate of drug-likeness (QED) is 0.110. The maximum absolute atomic E-state index is 2.60. The molecule has 188 valence electrons. The highest BCUT2D eigenvalue weighted by Gasteiger charge is 2.16. The zero-order valence-electron chi connectivity index (χ0n) is 22.5. The Bertz CT molecular complexity index is 505. The summed E-state index contributed by atoms with van der Waals surface area (Å²) in [5, 5.41) is 0. The van der Waals surface area contributed by atoms with Gasteiger partial charge in [-0.05, 0) is 32.1 Å². The van der Waals surface area contributed by atoms with E-state index >= 15 is 0 Å². The van der Waals surface area contributed by atoms with Gasteiger partial charge in [-0.1, -0.05) is 124 Å². The average molecular weight is 448 g/mol. The molecule has 0 N–H and O–H groups in total. The fraction of sp³-hybridized carbons (Fsp3) is 0.900. The van der Waals surface area contributed by atoms with Gasteiger partial charge in [-0.2, -0.15) is 0 Å². The summed E-state index contributed by atoms with van der Waals surface area (Å²) in [6.07, 6.45) is 35.5. The number of hydrogen-bond donors (Lipinski definition) is 0. The number of aryl methyl sites for hydroxylation is 2. The molecule has 0 fully saturated rings. The molecule has 0 aliphatic heterocycles. The Hall–Kier alpha value is -0.790. The Morgan fingerprint density at radius 2 is 0.969 bits per heavy atom. The Kier molecular flexibility index (Phi) is 20.1. The molecule has 2 nitrogen and oxygen atoms in total. The molecule has 0 atom stereocenters. The van der Waals surface area contributed by atoms with Crippen molar-refractivity contribution in [1.29, 1.82) is 0 Å². The minimum absolute atomic E-state index is 1.22. The largest absolute Gasteiger partial charge is 0.256 e. The van der Waals surface area contributed by atoms with E-state index in [9.17, 15) is 0 Å². The fourth-order valence-corrected chi connectivity index (χ4v) is 4.91. The molecule has 0 bridgehead atoms. The van der Waals surface area contributed by atoms with E-state index in [4.69, 9.17) is 0 Å². The second-order valence-corrected chi connectivity index (χ2v) is 10.2. The van der Waals surface area contributed by atoms with Crippen molar-refractivity contribution in [3.05, 3.63) is 18.2 Å². The lowest BCUT2D eigenvalue weighted by Crippen LogP contribution is -2.37. The maximum Gasteiger partial charge on any atom is 0.256 e. The van der Waals surface area contributed by atoms with Gasteiger partial charge in [0.2, 0.25) is 0 Å². The van der Waals surface area contributed by atoms with E-state index in [-0.39, 0.29) is 0 Å². The predicted octanol–water partition coefficient (Wildman–Crippen LogP) is 9.57. The minimum atomic E-state index is 1.22. The van der Waals surface area contributed by atoms with Crippen molar-refractivity contribution in [1.82, 2.24) is 4.57 Å². The number of aromatic nitrogens is 2. The van der Waals surface area contributed by atoms with Crippen molar-refractivity contribution in [2.24, 2.45) is 0 Å². The van der Waals surface area contributed by atoms with Crippen LogP contribution in [0.3, 0.4) is 0 Å². The third kappa shape index (κ3) is 15.1. The number of rotatable bonds is 24. The summed E-state index contributed by atoms with van der Waals surface area (Å²) < 4.78 is 5.19. The lowest BCUT2D eigenvalue weighted by Gasteiger charge is -2.07. The van der Waals surface area contributed by atoms with Gasteiger partial charge in [0.05, 0.1) is 13.1 Å². The Labute approximate surface area is 202 Å². The predicted molar refractivity (Wildman–Crippen MR) is 142 cm³/mol. The molecule has 0 spiro atoms. The Morgan fingerprint density at radius 3 is 1.50 bits per heavy atom. The molecule has 0 saturated heterocycles. The first kappa shape index (κ1) is 29.2. The molecule has 1 aromatic rings. The highest BCUT2D eigenvalue weighted by molar-refractivity contribution is 4.84. The molecule has 0 aliphatic carbocycles. The summed E-state index contributed by atoms with van der Waals surface area (Å²) >= 11 is 0. The molecule has 0 unspecified atom stereocenters. The molecule has 0 aromatic carbocycles. The summed E-state index contributed by atoms with van der Waals surface area (Å²) in [6, 6.07) is 0. The first-order valence-corrected chi connectivity index (χ1v) is 14.9. The lowest BCUT2D eigenvalue weighted by atomic mass is 10.1. The van der Waals surface area contributed by atoms with Crippen molar-refractivity contribution < 1.29 is 4.57 Å². The number of unbranched alkanes of at least 4 members (excludes halogenated alkanes) is 18. The smallest absolute Gasteiger partial charge is 0.234 e. The normalized spacial score (nSPS) is 11.5. The van der Waals surface area contributed by atoms with Crippen molar-refractivity contribution >= 4 is 0 Å². The first-order valence-electron chi connectivity index (χ1n) is 14.9. The van der Waals surface area contributed by atoms with Gasteiger partial charge in [0.25, 0.3) is 5.82 Å². The van der Waals surface area contributed by atoms with Crippen LogP contribution in [0.5, 0.6) is 0 Å². The van der Waals surface area contributed by atoms with Crippen molar-refractivity contribution in [2.75, 3.05) is 0 Å². The highest BCUT2D eigenvalue weighted by Crippen LogP contribution is 2.13.